The molecule has 0 aliphatic heterocycles. The van der Waals surface area contributed by atoms with E-state index >= 15 is 0 Å². The quantitative estimate of drug-likeness (QED) is 0.441. The van der Waals surface area contributed by atoms with Crippen molar-refractivity contribution in [2.75, 3.05) is 20.6 Å². The molecule has 1 aromatic heterocycles. The Bertz CT molecular complexity index is 1310. The first kappa shape index (κ1) is 29.4. The second kappa shape index (κ2) is 11.2. The first-order valence-electron chi connectivity index (χ1n) is 9.55. The smallest absolute Gasteiger partial charge is 0.242 e. The molecule has 0 amide bonds. The van der Waals surface area contributed by atoms with Crippen LogP contribution in [0.1, 0.15) is 11.3 Å². The fraction of sp³-hybridized carbons (Fsp3) is 0.273. The molecule has 0 radical (unpaired) electrons. The van der Waals surface area contributed by atoms with Gasteiger partial charge in [-0.2, -0.15) is 0 Å². The molecule has 1 heterocycles. The Kier molecular flexibility index (Phi) is 9.93. The Morgan fingerprint density at radius 3 is 2.39 bits per heavy atom. The third-order valence-electron chi connectivity index (χ3n) is 5.24. The summed E-state index contributed by atoms with van der Waals surface area (Å²) in [5.74, 6) is -1.09. The standard InChI is InChI=1S/C22H24ClF2N3O2S.2ClH/c1-13-5-6-17(31(29,30)27(3)4)11-18(13)21-14(2)28(12-16(24)7-8-26)22-19(21)9-15(23)10-20(22)25;;/h5-7,9-11H,8,12,26H2,1-4H3;2*1H/b16-7-;;. The molecule has 3 rings (SSSR count). The van der Waals surface area contributed by atoms with E-state index in [-0.39, 0.29) is 53.3 Å². The summed E-state index contributed by atoms with van der Waals surface area (Å²) in [6.07, 6.45) is 1.23. The van der Waals surface area contributed by atoms with Crippen molar-refractivity contribution in [1.29, 1.82) is 0 Å². The van der Waals surface area contributed by atoms with Crippen molar-refractivity contribution in [2.24, 2.45) is 5.73 Å². The maximum Gasteiger partial charge on any atom is 0.242 e. The first-order chi connectivity index (χ1) is 14.5. The SMILES string of the molecule is Cc1ccc(S(=O)(=O)N(C)C)cc1-c1c(C)n(C/C(F)=C/CN)c2c(F)cc(Cl)cc12.Cl.Cl. The summed E-state index contributed by atoms with van der Waals surface area (Å²) in [6.45, 7) is 3.40. The number of halogens is 5. The molecule has 2 N–H and O–H groups in total. The molecular formula is C22H26Cl3F2N3O2S. The highest BCUT2D eigenvalue weighted by Gasteiger charge is 2.24. The lowest BCUT2D eigenvalue weighted by Gasteiger charge is -2.14. The molecule has 11 heteroatoms. The minimum absolute atomic E-state index is 0. The van der Waals surface area contributed by atoms with Gasteiger partial charge in [0.1, 0.15) is 11.6 Å². The zero-order valence-electron chi connectivity index (χ0n) is 18.5. The molecule has 0 saturated carbocycles. The Balaban J connectivity index is 0.00000272. The van der Waals surface area contributed by atoms with Crippen LogP contribution in [0.15, 0.2) is 47.1 Å². The first-order valence-corrected chi connectivity index (χ1v) is 11.4. The average molecular weight is 541 g/mol. The van der Waals surface area contributed by atoms with E-state index in [1.807, 2.05) is 6.92 Å². The molecule has 0 aliphatic rings. The Morgan fingerprint density at radius 2 is 1.82 bits per heavy atom. The summed E-state index contributed by atoms with van der Waals surface area (Å²) >= 11 is 6.13. The lowest BCUT2D eigenvalue weighted by atomic mass is 9.98. The van der Waals surface area contributed by atoms with Crippen molar-refractivity contribution in [3.8, 4) is 11.1 Å². The summed E-state index contributed by atoms with van der Waals surface area (Å²) in [5, 5.41) is 0.668. The zero-order chi connectivity index (χ0) is 23.1. The van der Waals surface area contributed by atoms with Gasteiger partial charge in [-0.25, -0.2) is 21.5 Å². The van der Waals surface area contributed by atoms with Crippen molar-refractivity contribution >= 4 is 57.3 Å². The summed E-state index contributed by atoms with van der Waals surface area (Å²) in [5.41, 5.74) is 8.18. The van der Waals surface area contributed by atoms with Crippen LogP contribution < -0.4 is 5.73 Å². The minimum atomic E-state index is -3.68. The molecule has 0 bridgehead atoms. The van der Waals surface area contributed by atoms with Crippen LogP contribution in [0.2, 0.25) is 5.02 Å². The van der Waals surface area contributed by atoms with Gasteiger partial charge in [0.05, 0.1) is 17.0 Å². The van der Waals surface area contributed by atoms with E-state index in [4.69, 9.17) is 17.3 Å². The van der Waals surface area contributed by atoms with Crippen LogP contribution in [0.5, 0.6) is 0 Å². The summed E-state index contributed by atoms with van der Waals surface area (Å²) in [6, 6.07) is 7.57. The monoisotopic (exact) mass is 539 g/mol. The topological polar surface area (TPSA) is 68.3 Å². The predicted octanol–water partition coefficient (Wildman–Crippen LogP) is 5.62. The number of nitrogens with zero attached hydrogens (tertiary/aromatic N) is 2. The van der Waals surface area contributed by atoms with Crippen molar-refractivity contribution in [2.45, 2.75) is 25.3 Å². The molecule has 5 nitrogen and oxygen atoms in total. The van der Waals surface area contributed by atoms with Gasteiger partial charge in [0.2, 0.25) is 10.0 Å². The number of sulfonamides is 1. The number of fused-ring (bicyclic) bond motifs is 1. The van der Waals surface area contributed by atoms with E-state index in [2.05, 4.69) is 0 Å². The van der Waals surface area contributed by atoms with Crippen molar-refractivity contribution in [3.05, 3.63) is 64.3 Å². The van der Waals surface area contributed by atoms with E-state index in [1.165, 1.54) is 36.9 Å². The van der Waals surface area contributed by atoms with Crippen molar-refractivity contribution < 1.29 is 17.2 Å². The maximum atomic E-state index is 15.0. The van der Waals surface area contributed by atoms with Crippen LogP contribution >= 0.6 is 36.4 Å². The van der Waals surface area contributed by atoms with Gasteiger partial charge in [-0.15, -0.1) is 24.8 Å². The highest BCUT2D eigenvalue weighted by molar-refractivity contribution is 7.89. The lowest BCUT2D eigenvalue weighted by Crippen LogP contribution is -2.22. The Labute approximate surface area is 210 Å². The van der Waals surface area contributed by atoms with Gasteiger partial charge in [0.25, 0.3) is 0 Å². The highest BCUT2D eigenvalue weighted by atomic mass is 35.5. The normalized spacial score (nSPS) is 12.1. The van der Waals surface area contributed by atoms with E-state index in [9.17, 15) is 17.2 Å². The minimum Gasteiger partial charge on any atom is -0.335 e. The molecule has 182 valence electrons. The van der Waals surface area contributed by atoms with Gasteiger partial charge < -0.3 is 10.3 Å². The van der Waals surface area contributed by atoms with Gasteiger partial charge >= 0.3 is 0 Å². The summed E-state index contributed by atoms with van der Waals surface area (Å²) in [7, 11) is -0.779. The number of aryl methyl sites for hydroxylation is 1. The molecule has 0 fully saturated rings. The molecule has 0 aliphatic carbocycles. The Morgan fingerprint density at radius 1 is 1.18 bits per heavy atom. The molecular weight excluding hydrogens is 515 g/mol. The number of nitrogens with two attached hydrogens (primary N) is 1. The van der Waals surface area contributed by atoms with Gasteiger partial charge in [-0.05, 0) is 55.3 Å². The van der Waals surface area contributed by atoms with Gasteiger partial charge in [-0.3, -0.25) is 0 Å². The summed E-state index contributed by atoms with van der Waals surface area (Å²) in [4.78, 5) is 0.107. The van der Waals surface area contributed by atoms with E-state index < -0.39 is 21.7 Å². The second-order valence-electron chi connectivity index (χ2n) is 7.48. The third-order valence-corrected chi connectivity index (χ3v) is 7.27. The number of aromatic nitrogens is 1. The van der Waals surface area contributed by atoms with E-state index in [0.717, 1.165) is 9.87 Å². The third kappa shape index (κ3) is 5.53. The van der Waals surface area contributed by atoms with Crippen LogP contribution in [-0.4, -0.2) is 37.9 Å². The molecule has 33 heavy (non-hydrogen) atoms. The molecule has 3 aromatic rings. The van der Waals surface area contributed by atoms with Gasteiger partial charge in [0.15, 0.2) is 0 Å². The van der Waals surface area contributed by atoms with Crippen LogP contribution in [0.25, 0.3) is 22.0 Å². The second-order valence-corrected chi connectivity index (χ2v) is 10.1. The van der Waals surface area contributed by atoms with Crippen molar-refractivity contribution in [3.63, 3.8) is 0 Å². The van der Waals surface area contributed by atoms with E-state index in [0.29, 0.717) is 22.2 Å². The molecule has 0 saturated heterocycles. The average Bonchev–Trinajstić information content (AvgIpc) is 2.93. The maximum absolute atomic E-state index is 15.0. The lowest BCUT2D eigenvalue weighted by molar-refractivity contribution is 0.521. The van der Waals surface area contributed by atoms with Crippen LogP contribution in [0.4, 0.5) is 8.78 Å². The largest absolute Gasteiger partial charge is 0.335 e. The summed E-state index contributed by atoms with van der Waals surface area (Å²) < 4.78 is 57.3. The number of benzene rings is 2. The molecule has 0 spiro atoms. The number of allylic oxidation sites excluding steroid dienone is 1. The number of rotatable bonds is 6. The zero-order valence-corrected chi connectivity index (χ0v) is 21.7. The number of hydrogen-bond donors (Lipinski definition) is 1. The fourth-order valence-corrected chi connectivity index (χ4v) is 4.78. The fourth-order valence-electron chi connectivity index (χ4n) is 3.65. The van der Waals surface area contributed by atoms with Gasteiger partial charge in [0, 0.05) is 42.3 Å². The van der Waals surface area contributed by atoms with Crippen molar-refractivity contribution in [1.82, 2.24) is 8.87 Å². The molecule has 2 aromatic carbocycles. The highest BCUT2D eigenvalue weighted by Crippen LogP contribution is 2.40. The van der Waals surface area contributed by atoms with Gasteiger partial charge in [-0.1, -0.05) is 17.7 Å². The number of hydrogen-bond acceptors (Lipinski definition) is 3. The predicted molar refractivity (Wildman–Crippen MR) is 135 cm³/mol. The Hall–Kier alpha value is -1.68. The van der Waals surface area contributed by atoms with E-state index in [1.54, 1.807) is 25.1 Å². The van der Waals surface area contributed by atoms with Crippen LogP contribution in [0, 0.1) is 19.7 Å². The van der Waals surface area contributed by atoms with Crippen LogP contribution in [-0.2, 0) is 16.6 Å². The molecule has 0 unspecified atom stereocenters. The van der Waals surface area contributed by atoms with Crippen LogP contribution in [0.3, 0.4) is 0 Å². The molecule has 0 atom stereocenters.